The maximum absolute atomic E-state index is 4.37. The molecule has 0 radical (unpaired) electrons. The quantitative estimate of drug-likeness (QED) is 0.711. The Morgan fingerprint density at radius 1 is 1.14 bits per heavy atom. The van der Waals surface area contributed by atoms with Crippen molar-refractivity contribution in [2.75, 3.05) is 23.7 Å². The average Bonchev–Trinajstić information content (AvgIpc) is 2.80. The van der Waals surface area contributed by atoms with Gasteiger partial charge in [-0.25, -0.2) is 15.0 Å². The fourth-order valence-electron chi connectivity index (χ4n) is 2.20. The fraction of sp³-hybridized carbons (Fsp3) is 0.267. The van der Waals surface area contributed by atoms with E-state index in [0.717, 1.165) is 34.9 Å². The van der Waals surface area contributed by atoms with E-state index < -0.39 is 0 Å². The van der Waals surface area contributed by atoms with Gasteiger partial charge in [0.15, 0.2) is 0 Å². The number of rotatable bonds is 5. The number of aromatic nitrogens is 3. The molecule has 0 bridgehead atoms. The van der Waals surface area contributed by atoms with Gasteiger partial charge in [0.05, 0.1) is 18.1 Å². The number of pyridine rings is 1. The molecule has 108 valence electrons. The number of anilines is 2. The number of aryl methyl sites for hydroxylation is 2. The van der Waals surface area contributed by atoms with Crippen LogP contribution in [0.3, 0.4) is 0 Å². The Bertz CT molecular complexity index is 738. The number of aromatic amines is 1. The predicted octanol–water partition coefficient (Wildman–Crippen LogP) is 2.65. The van der Waals surface area contributed by atoms with Crippen molar-refractivity contribution >= 4 is 33.2 Å². The lowest BCUT2D eigenvalue weighted by Crippen LogP contribution is -2.19. The average molecular weight is 300 g/mol. The number of hydrogen-bond donors (Lipinski definition) is 2. The van der Waals surface area contributed by atoms with Gasteiger partial charge in [0.2, 0.25) is 0 Å². The maximum atomic E-state index is 4.37. The molecule has 0 unspecified atom stereocenters. The minimum absolute atomic E-state index is 0.795. The highest BCUT2D eigenvalue weighted by molar-refractivity contribution is 7.18. The summed E-state index contributed by atoms with van der Waals surface area (Å²) in [4.78, 5) is 14.2. The van der Waals surface area contributed by atoms with E-state index in [2.05, 4.69) is 39.4 Å². The van der Waals surface area contributed by atoms with Crippen molar-refractivity contribution in [3.63, 3.8) is 0 Å². The van der Waals surface area contributed by atoms with Crippen LogP contribution >= 0.6 is 11.3 Å². The molecule has 0 atom stereocenters. The molecular formula is C15H18N5S+. The van der Waals surface area contributed by atoms with E-state index >= 15 is 0 Å². The minimum atomic E-state index is 0.795. The monoisotopic (exact) mass is 300 g/mol. The summed E-state index contributed by atoms with van der Waals surface area (Å²) in [5.74, 6) is 1.93. The van der Waals surface area contributed by atoms with Crippen LogP contribution in [0.5, 0.6) is 0 Å². The van der Waals surface area contributed by atoms with Crippen LogP contribution in [-0.2, 0) is 0 Å². The van der Waals surface area contributed by atoms with Gasteiger partial charge >= 0.3 is 0 Å². The van der Waals surface area contributed by atoms with Crippen molar-refractivity contribution in [1.82, 2.24) is 9.97 Å². The van der Waals surface area contributed by atoms with Crippen molar-refractivity contribution in [3.05, 3.63) is 41.2 Å². The Labute approximate surface area is 127 Å². The zero-order valence-electron chi connectivity index (χ0n) is 12.1. The second-order valence-electron chi connectivity index (χ2n) is 4.82. The van der Waals surface area contributed by atoms with Crippen LogP contribution in [0.25, 0.3) is 10.2 Å². The second kappa shape index (κ2) is 6.05. The second-order valence-corrected chi connectivity index (χ2v) is 6.02. The van der Waals surface area contributed by atoms with E-state index in [-0.39, 0.29) is 0 Å². The maximum Gasteiger partial charge on any atom is 0.272 e. The molecule has 3 aromatic rings. The topological polar surface area (TPSA) is 64.0 Å². The molecule has 3 aromatic heterocycles. The first kappa shape index (κ1) is 13.8. The highest BCUT2D eigenvalue weighted by Crippen LogP contribution is 2.32. The summed E-state index contributed by atoms with van der Waals surface area (Å²) in [5.41, 5.74) is 1.27. The first-order valence-electron chi connectivity index (χ1n) is 6.91. The van der Waals surface area contributed by atoms with E-state index in [1.165, 1.54) is 10.4 Å². The highest BCUT2D eigenvalue weighted by atomic mass is 32.1. The minimum Gasteiger partial charge on any atom is -0.365 e. The summed E-state index contributed by atoms with van der Waals surface area (Å²) in [6, 6.07) is 5.97. The van der Waals surface area contributed by atoms with Gasteiger partial charge in [-0.3, -0.25) is 5.32 Å². The van der Waals surface area contributed by atoms with Gasteiger partial charge in [-0.05, 0) is 25.5 Å². The number of nitrogens with one attached hydrogen (secondary N) is 3. The van der Waals surface area contributed by atoms with Crippen molar-refractivity contribution in [1.29, 1.82) is 0 Å². The highest BCUT2D eigenvalue weighted by Gasteiger charge is 2.11. The predicted molar refractivity (Wildman–Crippen MR) is 86.9 cm³/mol. The lowest BCUT2D eigenvalue weighted by molar-refractivity contribution is -0.361. The van der Waals surface area contributed by atoms with Gasteiger partial charge in [-0.15, -0.1) is 11.3 Å². The van der Waals surface area contributed by atoms with E-state index in [1.807, 2.05) is 24.4 Å². The molecule has 0 aliphatic carbocycles. The summed E-state index contributed by atoms with van der Waals surface area (Å²) < 4.78 is 0. The molecule has 0 spiro atoms. The van der Waals surface area contributed by atoms with Gasteiger partial charge in [0, 0.05) is 10.9 Å². The molecule has 3 heterocycles. The third kappa shape index (κ3) is 2.95. The van der Waals surface area contributed by atoms with Crippen LogP contribution in [-0.4, -0.2) is 23.1 Å². The van der Waals surface area contributed by atoms with E-state index in [9.17, 15) is 0 Å². The van der Waals surface area contributed by atoms with E-state index in [4.69, 9.17) is 0 Å². The Balaban J connectivity index is 1.66. The first-order valence-corrected chi connectivity index (χ1v) is 7.72. The number of nitrogens with zero attached hydrogens (tertiary/aromatic N) is 2. The standard InChI is InChI=1S/C15H17N5S/c1-10-11(2)21-15-13(10)14(19-9-20-15)18-8-7-17-12-5-3-4-6-16-12/h3-6,9H,7-8H2,1-2H3,(H,16,17)(H,18,19,20)/p+1. The number of hydrogen-bond acceptors (Lipinski definition) is 5. The zero-order valence-corrected chi connectivity index (χ0v) is 12.9. The van der Waals surface area contributed by atoms with Crippen LogP contribution in [0.2, 0.25) is 0 Å². The van der Waals surface area contributed by atoms with Gasteiger partial charge in [-0.1, -0.05) is 6.07 Å². The van der Waals surface area contributed by atoms with Gasteiger partial charge < -0.3 is 5.32 Å². The molecular weight excluding hydrogens is 282 g/mol. The molecule has 0 aliphatic rings. The van der Waals surface area contributed by atoms with Crippen molar-refractivity contribution < 1.29 is 4.98 Å². The van der Waals surface area contributed by atoms with Crippen LogP contribution in [0.15, 0.2) is 30.7 Å². The van der Waals surface area contributed by atoms with Crippen molar-refractivity contribution in [3.8, 4) is 0 Å². The Morgan fingerprint density at radius 3 is 2.81 bits per heavy atom. The summed E-state index contributed by atoms with van der Waals surface area (Å²) in [5, 5.41) is 7.86. The van der Waals surface area contributed by atoms with E-state index in [1.54, 1.807) is 17.7 Å². The van der Waals surface area contributed by atoms with E-state index in [0.29, 0.717) is 0 Å². The lowest BCUT2D eigenvalue weighted by Gasteiger charge is -2.06. The summed E-state index contributed by atoms with van der Waals surface area (Å²) in [6.45, 7) is 5.86. The largest absolute Gasteiger partial charge is 0.365 e. The van der Waals surface area contributed by atoms with Gasteiger partial charge in [0.25, 0.3) is 5.82 Å². The van der Waals surface area contributed by atoms with Crippen molar-refractivity contribution in [2.45, 2.75) is 13.8 Å². The number of thiophene rings is 1. The van der Waals surface area contributed by atoms with Crippen LogP contribution < -0.4 is 15.6 Å². The summed E-state index contributed by atoms with van der Waals surface area (Å²) in [6.07, 6.45) is 3.53. The first-order chi connectivity index (χ1) is 10.3. The fourth-order valence-corrected chi connectivity index (χ4v) is 3.19. The lowest BCUT2D eigenvalue weighted by atomic mass is 10.2. The third-order valence-corrected chi connectivity index (χ3v) is 4.52. The number of H-pyrrole nitrogens is 1. The molecule has 0 aromatic carbocycles. The molecule has 0 saturated carbocycles. The Hall–Kier alpha value is -2.21. The summed E-state index contributed by atoms with van der Waals surface area (Å²) >= 11 is 1.72. The van der Waals surface area contributed by atoms with Gasteiger partial charge in [0.1, 0.15) is 23.5 Å². The van der Waals surface area contributed by atoms with Crippen molar-refractivity contribution in [2.24, 2.45) is 0 Å². The molecule has 6 heteroatoms. The smallest absolute Gasteiger partial charge is 0.272 e. The number of fused-ring (bicyclic) bond motifs is 1. The molecule has 21 heavy (non-hydrogen) atoms. The molecule has 0 saturated heterocycles. The molecule has 0 aliphatic heterocycles. The molecule has 0 fully saturated rings. The van der Waals surface area contributed by atoms with Crippen LogP contribution in [0, 0.1) is 13.8 Å². The SMILES string of the molecule is Cc1sc2ncnc(NCCNc3cccc[nH+]3)c2c1C. The third-order valence-electron chi connectivity index (χ3n) is 3.41. The molecule has 3 rings (SSSR count). The molecule has 5 nitrogen and oxygen atoms in total. The zero-order chi connectivity index (χ0) is 14.7. The molecule has 0 amide bonds. The molecule has 3 N–H and O–H groups in total. The Kier molecular flexibility index (Phi) is 3.96. The Morgan fingerprint density at radius 2 is 2.00 bits per heavy atom. The van der Waals surface area contributed by atoms with Crippen LogP contribution in [0.1, 0.15) is 10.4 Å². The summed E-state index contributed by atoms with van der Waals surface area (Å²) in [7, 11) is 0. The van der Waals surface area contributed by atoms with Gasteiger partial charge in [-0.2, -0.15) is 0 Å². The normalized spacial score (nSPS) is 10.8. The van der Waals surface area contributed by atoms with Crippen LogP contribution in [0.4, 0.5) is 11.6 Å².